The van der Waals surface area contributed by atoms with Crippen LogP contribution in [0.1, 0.15) is 5.56 Å². The minimum Gasteiger partial charge on any atom is -0.484 e. The number of aliphatic carboxylic acids is 1. The molecule has 0 spiro atoms. The maximum absolute atomic E-state index is 12.6. The van der Waals surface area contributed by atoms with E-state index < -0.39 is 12.0 Å². The minimum atomic E-state index is -0.976. The number of ether oxygens (including phenoxy) is 1. The summed E-state index contributed by atoms with van der Waals surface area (Å²) >= 11 is 0. The molecule has 0 radical (unpaired) electrons. The van der Waals surface area contributed by atoms with Crippen molar-refractivity contribution in [3.8, 4) is 5.75 Å². The number of para-hydroxylation sites is 1. The number of carbonyl (C=O) groups excluding carboxylic acids is 3. The topological polar surface area (TPSA) is 128 Å². The van der Waals surface area contributed by atoms with Crippen molar-refractivity contribution in [2.75, 3.05) is 42.4 Å². The molecule has 0 aliphatic carbocycles. The number of nitrogens with one attached hydrogen (secondary N) is 2. The van der Waals surface area contributed by atoms with Crippen molar-refractivity contribution >= 4 is 40.9 Å². The predicted molar refractivity (Wildman–Crippen MR) is 140 cm³/mol. The van der Waals surface area contributed by atoms with Crippen LogP contribution in [0.2, 0.25) is 0 Å². The van der Waals surface area contributed by atoms with Crippen molar-refractivity contribution < 1.29 is 29.0 Å². The molecule has 0 saturated carbocycles. The average molecular weight is 505 g/mol. The molecule has 0 heterocycles. The number of urea groups is 1. The summed E-state index contributed by atoms with van der Waals surface area (Å²) in [5.74, 6) is -1.17. The van der Waals surface area contributed by atoms with Gasteiger partial charge in [-0.05, 0) is 42.0 Å². The Kier molecular flexibility index (Phi) is 9.20. The SMILES string of the molecule is CN(C(=O)CNC(=O)Nc1cccc(CC(=O)O)c1)c1cccc(OCC(=O)N(C)c2ccccc2)c1. The number of carbonyl (C=O) groups is 4. The van der Waals surface area contributed by atoms with Gasteiger partial charge in [0.2, 0.25) is 5.91 Å². The van der Waals surface area contributed by atoms with Crippen molar-refractivity contribution in [2.24, 2.45) is 0 Å². The molecular weight excluding hydrogens is 476 g/mol. The van der Waals surface area contributed by atoms with E-state index in [0.717, 1.165) is 5.69 Å². The highest BCUT2D eigenvalue weighted by molar-refractivity contribution is 5.98. The summed E-state index contributed by atoms with van der Waals surface area (Å²) in [4.78, 5) is 51.0. The summed E-state index contributed by atoms with van der Waals surface area (Å²) in [6.07, 6.45) is -0.166. The molecule has 0 aromatic heterocycles. The summed E-state index contributed by atoms with van der Waals surface area (Å²) in [6, 6.07) is 21.8. The van der Waals surface area contributed by atoms with E-state index in [0.29, 0.717) is 22.7 Å². The summed E-state index contributed by atoms with van der Waals surface area (Å²) in [5, 5.41) is 14.0. The van der Waals surface area contributed by atoms with E-state index in [2.05, 4.69) is 10.6 Å². The summed E-state index contributed by atoms with van der Waals surface area (Å²) < 4.78 is 5.63. The Morgan fingerprint density at radius 2 is 1.49 bits per heavy atom. The Labute approximate surface area is 214 Å². The number of anilines is 3. The quantitative estimate of drug-likeness (QED) is 0.389. The number of nitrogens with zero attached hydrogens (tertiary/aromatic N) is 2. The predicted octanol–water partition coefficient (Wildman–Crippen LogP) is 3.14. The van der Waals surface area contributed by atoms with Crippen LogP contribution in [-0.4, -0.2) is 56.2 Å². The van der Waals surface area contributed by atoms with E-state index in [1.165, 1.54) is 9.80 Å². The largest absolute Gasteiger partial charge is 0.484 e. The maximum atomic E-state index is 12.6. The molecule has 192 valence electrons. The van der Waals surface area contributed by atoms with Crippen LogP contribution >= 0.6 is 0 Å². The van der Waals surface area contributed by atoms with Crippen LogP contribution in [0.5, 0.6) is 5.75 Å². The molecule has 3 aromatic rings. The number of likely N-dealkylation sites (N-methyl/N-ethyl adjacent to an activating group) is 2. The van der Waals surface area contributed by atoms with E-state index in [4.69, 9.17) is 9.84 Å². The van der Waals surface area contributed by atoms with Gasteiger partial charge in [0.25, 0.3) is 5.91 Å². The zero-order valence-corrected chi connectivity index (χ0v) is 20.5. The molecule has 10 nitrogen and oxygen atoms in total. The Bertz CT molecular complexity index is 1260. The molecule has 0 bridgehead atoms. The average Bonchev–Trinajstić information content (AvgIpc) is 2.90. The van der Waals surface area contributed by atoms with Gasteiger partial charge in [0, 0.05) is 37.2 Å². The van der Waals surface area contributed by atoms with Crippen molar-refractivity contribution in [1.82, 2.24) is 5.32 Å². The third kappa shape index (κ3) is 8.10. The van der Waals surface area contributed by atoms with Gasteiger partial charge < -0.3 is 30.3 Å². The molecule has 0 aliphatic rings. The maximum Gasteiger partial charge on any atom is 0.319 e. The molecule has 0 aliphatic heterocycles. The van der Waals surface area contributed by atoms with Crippen molar-refractivity contribution in [1.29, 1.82) is 0 Å². The molecule has 0 atom stereocenters. The molecule has 37 heavy (non-hydrogen) atoms. The monoisotopic (exact) mass is 504 g/mol. The molecule has 0 saturated heterocycles. The van der Waals surface area contributed by atoms with Gasteiger partial charge in [0.05, 0.1) is 13.0 Å². The number of amides is 4. The first kappa shape index (κ1) is 26.7. The zero-order valence-electron chi connectivity index (χ0n) is 20.5. The van der Waals surface area contributed by atoms with Crippen LogP contribution < -0.4 is 25.2 Å². The van der Waals surface area contributed by atoms with Crippen LogP contribution in [0, 0.1) is 0 Å². The molecule has 3 N–H and O–H groups in total. The van der Waals surface area contributed by atoms with E-state index in [9.17, 15) is 19.2 Å². The van der Waals surface area contributed by atoms with Gasteiger partial charge in [0.15, 0.2) is 6.61 Å². The first-order valence-corrected chi connectivity index (χ1v) is 11.4. The van der Waals surface area contributed by atoms with E-state index >= 15 is 0 Å². The van der Waals surface area contributed by atoms with E-state index in [1.807, 2.05) is 30.3 Å². The number of carboxylic acid groups (broad SMARTS) is 1. The third-order valence-electron chi connectivity index (χ3n) is 5.40. The molecule has 0 unspecified atom stereocenters. The fourth-order valence-electron chi connectivity index (χ4n) is 3.35. The highest BCUT2D eigenvalue weighted by Gasteiger charge is 2.15. The summed E-state index contributed by atoms with van der Waals surface area (Å²) in [5.41, 5.74) is 2.22. The first-order chi connectivity index (χ1) is 17.7. The Balaban J connectivity index is 1.50. The van der Waals surface area contributed by atoms with Gasteiger partial charge in [0.1, 0.15) is 5.75 Å². The van der Waals surface area contributed by atoms with Gasteiger partial charge in [-0.25, -0.2) is 4.79 Å². The fraction of sp³-hybridized carbons (Fsp3) is 0.185. The molecule has 4 amide bonds. The minimum absolute atomic E-state index is 0.166. The number of benzene rings is 3. The molecule has 3 aromatic carbocycles. The summed E-state index contributed by atoms with van der Waals surface area (Å²) in [6.45, 7) is -0.454. The lowest BCUT2D eigenvalue weighted by molar-refractivity contribution is -0.136. The van der Waals surface area contributed by atoms with Crippen LogP contribution in [0.25, 0.3) is 0 Å². The lowest BCUT2D eigenvalue weighted by Crippen LogP contribution is -2.40. The number of carboxylic acids is 1. The second-order valence-corrected chi connectivity index (χ2v) is 8.11. The zero-order chi connectivity index (χ0) is 26.8. The van der Waals surface area contributed by atoms with Gasteiger partial charge >= 0.3 is 12.0 Å². The number of hydrogen-bond donors (Lipinski definition) is 3. The fourth-order valence-corrected chi connectivity index (χ4v) is 3.35. The Morgan fingerprint density at radius 1 is 0.811 bits per heavy atom. The highest BCUT2D eigenvalue weighted by Crippen LogP contribution is 2.21. The lowest BCUT2D eigenvalue weighted by Gasteiger charge is -2.20. The van der Waals surface area contributed by atoms with Crippen LogP contribution in [0.15, 0.2) is 78.9 Å². The summed E-state index contributed by atoms with van der Waals surface area (Å²) in [7, 11) is 3.23. The van der Waals surface area contributed by atoms with Crippen molar-refractivity contribution in [3.63, 3.8) is 0 Å². The number of hydrogen-bond acceptors (Lipinski definition) is 5. The second-order valence-electron chi connectivity index (χ2n) is 8.11. The van der Waals surface area contributed by atoms with Gasteiger partial charge in [-0.2, -0.15) is 0 Å². The first-order valence-electron chi connectivity index (χ1n) is 11.4. The van der Waals surface area contributed by atoms with Crippen LogP contribution in [-0.2, 0) is 20.8 Å². The normalized spacial score (nSPS) is 10.2. The standard InChI is InChI=1S/C27H28N4O6/c1-30(21-10-4-3-5-11-21)25(33)18-37-23-13-7-12-22(16-23)31(2)24(32)17-28-27(36)29-20-9-6-8-19(14-20)15-26(34)35/h3-14,16H,15,17-18H2,1-2H3,(H,34,35)(H2,28,29,36). The van der Waals surface area contributed by atoms with Crippen LogP contribution in [0.3, 0.4) is 0 Å². The van der Waals surface area contributed by atoms with Gasteiger partial charge in [-0.1, -0.05) is 36.4 Å². The smallest absolute Gasteiger partial charge is 0.319 e. The lowest BCUT2D eigenvalue weighted by atomic mass is 10.1. The molecule has 0 fully saturated rings. The van der Waals surface area contributed by atoms with Crippen molar-refractivity contribution in [3.05, 3.63) is 84.4 Å². The Hall–Kier alpha value is -4.86. The van der Waals surface area contributed by atoms with Crippen molar-refractivity contribution in [2.45, 2.75) is 6.42 Å². The highest BCUT2D eigenvalue weighted by atomic mass is 16.5. The van der Waals surface area contributed by atoms with E-state index in [1.54, 1.807) is 62.6 Å². The van der Waals surface area contributed by atoms with Gasteiger partial charge in [-0.3, -0.25) is 14.4 Å². The molecule has 10 heteroatoms. The molecular formula is C27H28N4O6. The van der Waals surface area contributed by atoms with Crippen LogP contribution in [0.4, 0.5) is 21.9 Å². The third-order valence-corrected chi connectivity index (χ3v) is 5.40. The Morgan fingerprint density at radius 3 is 2.22 bits per heavy atom. The van der Waals surface area contributed by atoms with E-state index in [-0.39, 0.29) is 31.4 Å². The van der Waals surface area contributed by atoms with Gasteiger partial charge in [-0.15, -0.1) is 0 Å². The molecule has 3 rings (SSSR count). The number of rotatable bonds is 10. The second kappa shape index (κ2) is 12.7.